The molecule has 41 heavy (non-hydrogen) atoms. The number of aromatic nitrogens is 4. The van der Waals surface area contributed by atoms with E-state index in [1.54, 1.807) is 19.3 Å². The first-order chi connectivity index (χ1) is 19.3. The van der Waals surface area contributed by atoms with Crippen LogP contribution in [0.5, 0.6) is 5.75 Å². The fraction of sp³-hybridized carbons (Fsp3) is 0.357. The number of imidazole rings is 1. The van der Waals surface area contributed by atoms with Crippen molar-refractivity contribution in [2.75, 3.05) is 6.26 Å². The number of sulfonamides is 1. The minimum absolute atomic E-state index is 0.137. The first-order valence-corrected chi connectivity index (χ1v) is 14.8. The van der Waals surface area contributed by atoms with Crippen molar-refractivity contribution in [2.24, 2.45) is 0 Å². The van der Waals surface area contributed by atoms with Gasteiger partial charge in [-0.2, -0.15) is 17.2 Å². The predicted molar refractivity (Wildman–Crippen MR) is 146 cm³/mol. The molecule has 0 bridgehead atoms. The van der Waals surface area contributed by atoms with Gasteiger partial charge in [0.05, 0.1) is 34.5 Å². The number of fused-ring (bicyclic) bond motifs is 3. The SMILES string of the molecule is C=[N+](c1cccc(OC(F)F)c1[C@H]1CCc2nc3ccc(-c4cnc([C@]5(O)C[C@@](C)(O)C5)nc4)cc3n21)S(C)(=O)=O. The van der Waals surface area contributed by atoms with Gasteiger partial charge in [-0.05, 0) is 37.1 Å². The van der Waals surface area contributed by atoms with Gasteiger partial charge in [0, 0.05) is 43.3 Å². The van der Waals surface area contributed by atoms with Crippen LogP contribution in [0.25, 0.3) is 22.2 Å². The highest BCUT2D eigenvalue weighted by Crippen LogP contribution is 2.47. The molecule has 0 spiro atoms. The average molecular weight is 585 g/mol. The van der Waals surface area contributed by atoms with E-state index >= 15 is 0 Å². The highest BCUT2D eigenvalue weighted by atomic mass is 32.2. The lowest BCUT2D eigenvalue weighted by Gasteiger charge is -2.46. The number of rotatable bonds is 7. The van der Waals surface area contributed by atoms with Crippen LogP contribution in [-0.2, 0) is 22.0 Å². The third-order valence-electron chi connectivity index (χ3n) is 7.72. The third kappa shape index (κ3) is 4.77. The maximum absolute atomic E-state index is 13.4. The summed E-state index contributed by atoms with van der Waals surface area (Å²) in [6.07, 6.45) is 5.51. The molecule has 1 atom stereocenters. The van der Waals surface area contributed by atoms with E-state index in [1.807, 2.05) is 22.8 Å². The van der Waals surface area contributed by atoms with Gasteiger partial charge in [-0.25, -0.2) is 15.0 Å². The standard InChI is InChI=1S/C28H28F2N5O5S/c1-27(36)14-28(37,15-27)25-31-12-17(13-32-25)16-7-8-18-21(11-16)35-20(9-10-23(35)33-18)24-19(34(2)41(3,38)39)5-4-6-22(24)40-26(29)30/h4-8,11-13,20,26,36-37H,2,9-10,14-15H2,1,3H3/q+1/t20-,27-,28+/m1/s1. The number of aliphatic hydroxyl groups is 2. The number of benzene rings is 2. The van der Waals surface area contributed by atoms with Gasteiger partial charge >= 0.3 is 16.6 Å². The average Bonchev–Trinajstić information content (AvgIpc) is 3.45. The molecule has 2 N–H and O–H groups in total. The summed E-state index contributed by atoms with van der Waals surface area (Å²) >= 11 is 0. The molecule has 13 heteroatoms. The Morgan fingerprint density at radius 2 is 1.85 bits per heavy atom. The zero-order valence-corrected chi connectivity index (χ0v) is 23.1. The van der Waals surface area contributed by atoms with Gasteiger partial charge in [-0.1, -0.05) is 16.1 Å². The van der Waals surface area contributed by atoms with E-state index in [4.69, 9.17) is 9.72 Å². The second-order valence-electron chi connectivity index (χ2n) is 11.0. The summed E-state index contributed by atoms with van der Waals surface area (Å²) in [5.74, 6) is 0.828. The summed E-state index contributed by atoms with van der Waals surface area (Å²) in [5.41, 5.74) is 1.02. The van der Waals surface area contributed by atoms with Crippen molar-refractivity contribution in [1.29, 1.82) is 0 Å². The molecular formula is C28H28F2N5O5S+. The van der Waals surface area contributed by atoms with Crippen LogP contribution in [-0.4, -0.2) is 67.3 Å². The molecule has 6 rings (SSSR count). The van der Waals surface area contributed by atoms with Crippen LogP contribution in [0.1, 0.15) is 49.4 Å². The number of aryl methyl sites for hydroxylation is 1. The van der Waals surface area contributed by atoms with Crippen molar-refractivity contribution < 1.29 is 36.1 Å². The van der Waals surface area contributed by atoms with Gasteiger partial charge in [0.1, 0.15) is 17.2 Å². The highest BCUT2D eigenvalue weighted by molar-refractivity contribution is 7.84. The van der Waals surface area contributed by atoms with Crippen molar-refractivity contribution in [3.8, 4) is 16.9 Å². The Hall–Kier alpha value is -3.81. The Labute approximate surface area is 234 Å². The van der Waals surface area contributed by atoms with E-state index in [0.717, 1.165) is 21.6 Å². The molecule has 2 aromatic carbocycles. The number of hydrogen-bond acceptors (Lipinski definition) is 8. The largest absolute Gasteiger partial charge is 0.434 e. The predicted octanol–water partition coefficient (Wildman–Crippen LogP) is 3.67. The van der Waals surface area contributed by atoms with Crippen molar-refractivity contribution in [3.63, 3.8) is 0 Å². The molecule has 0 radical (unpaired) electrons. The molecule has 10 nitrogen and oxygen atoms in total. The molecule has 2 aliphatic rings. The van der Waals surface area contributed by atoms with Gasteiger partial charge in [0.25, 0.3) is 0 Å². The molecule has 4 aromatic rings. The molecule has 3 heterocycles. The smallest absolute Gasteiger partial charge is 0.387 e. The van der Waals surface area contributed by atoms with Crippen LogP contribution in [0.15, 0.2) is 48.8 Å². The molecule has 0 unspecified atom stereocenters. The molecule has 0 amide bonds. The van der Waals surface area contributed by atoms with E-state index in [1.165, 1.54) is 18.2 Å². The lowest BCUT2D eigenvalue weighted by atomic mass is 9.68. The fourth-order valence-corrected chi connectivity index (χ4v) is 6.58. The van der Waals surface area contributed by atoms with Gasteiger partial charge in [0.15, 0.2) is 12.5 Å². The normalized spacial score (nSPS) is 23.9. The topological polar surface area (TPSA) is 130 Å². The molecule has 0 saturated heterocycles. The minimum atomic E-state index is -3.81. The van der Waals surface area contributed by atoms with E-state index in [9.17, 15) is 27.4 Å². The Morgan fingerprint density at radius 3 is 2.49 bits per heavy atom. The summed E-state index contributed by atoms with van der Waals surface area (Å²) in [4.78, 5) is 13.5. The monoisotopic (exact) mass is 584 g/mol. The van der Waals surface area contributed by atoms with Gasteiger partial charge < -0.3 is 19.5 Å². The number of hydrogen-bond donors (Lipinski definition) is 2. The van der Waals surface area contributed by atoms with E-state index in [0.29, 0.717) is 29.4 Å². The second kappa shape index (κ2) is 9.36. The van der Waals surface area contributed by atoms with Crippen LogP contribution < -0.4 is 4.74 Å². The summed E-state index contributed by atoms with van der Waals surface area (Å²) in [5, 5.41) is 20.8. The van der Waals surface area contributed by atoms with Crippen molar-refractivity contribution >= 4 is 33.5 Å². The molecule has 1 saturated carbocycles. The summed E-state index contributed by atoms with van der Waals surface area (Å²) in [7, 11) is -3.81. The van der Waals surface area contributed by atoms with Crippen molar-refractivity contribution in [2.45, 2.75) is 56.5 Å². The zero-order valence-electron chi connectivity index (χ0n) is 22.3. The van der Waals surface area contributed by atoms with Crippen molar-refractivity contribution in [1.82, 2.24) is 19.5 Å². The number of nitrogens with zero attached hydrogens (tertiary/aromatic N) is 5. The first kappa shape index (κ1) is 27.4. The quantitative estimate of drug-likeness (QED) is 0.249. The van der Waals surface area contributed by atoms with Crippen LogP contribution in [0.4, 0.5) is 14.5 Å². The fourth-order valence-electron chi connectivity index (χ4n) is 6.06. The van der Waals surface area contributed by atoms with Crippen LogP contribution in [0.3, 0.4) is 0 Å². The molecule has 214 valence electrons. The van der Waals surface area contributed by atoms with Gasteiger partial charge in [-0.3, -0.25) is 0 Å². The Balaban J connectivity index is 1.43. The van der Waals surface area contributed by atoms with E-state index in [-0.39, 0.29) is 35.7 Å². The van der Waals surface area contributed by atoms with E-state index in [2.05, 4.69) is 16.7 Å². The Kier molecular flexibility index (Phi) is 6.25. The molecule has 1 fully saturated rings. The highest BCUT2D eigenvalue weighted by Gasteiger charge is 2.53. The molecular weight excluding hydrogens is 556 g/mol. The Morgan fingerprint density at radius 1 is 1.15 bits per heavy atom. The minimum Gasteiger partial charge on any atom is -0.434 e. The lowest BCUT2D eigenvalue weighted by Crippen LogP contribution is -2.53. The number of halogens is 2. The molecule has 1 aliphatic heterocycles. The van der Waals surface area contributed by atoms with Crippen LogP contribution in [0, 0.1) is 0 Å². The maximum atomic E-state index is 13.4. The molecule has 1 aliphatic carbocycles. The third-order valence-corrected chi connectivity index (χ3v) is 8.72. The Bertz CT molecular complexity index is 1800. The van der Waals surface area contributed by atoms with E-state index < -0.39 is 33.9 Å². The lowest BCUT2D eigenvalue weighted by molar-refractivity contribution is -0.249. The van der Waals surface area contributed by atoms with Gasteiger partial charge in [-0.15, -0.1) is 0 Å². The second-order valence-corrected chi connectivity index (χ2v) is 12.9. The maximum Gasteiger partial charge on any atom is 0.387 e. The first-order valence-electron chi connectivity index (χ1n) is 12.9. The van der Waals surface area contributed by atoms with Gasteiger partial charge in [0.2, 0.25) is 5.69 Å². The molecule has 2 aromatic heterocycles. The number of ether oxygens (including phenoxy) is 1. The van der Waals surface area contributed by atoms with Crippen molar-refractivity contribution in [3.05, 3.63) is 66.0 Å². The summed E-state index contributed by atoms with van der Waals surface area (Å²) in [6.45, 7) is 2.21. The summed E-state index contributed by atoms with van der Waals surface area (Å²) < 4.78 is 59.2. The van der Waals surface area contributed by atoms with Crippen LogP contribution in [0.2, 0.25) is 0 Å². The van der Waals surface area contributed by atoms with Crippen LogP contribution >= 0.6 is 0 Å². The number of alkyl halides is 2. The zero-order chi connectivity index (χ0) is 29.3. The summed E-state index contributed by atoms with van der Waals surface area (Å²) in [6, 6.07) is 9.38.